The van der Waals surface area contributed by atoms with E-state index in [0.29, 0.717) is 4.70 Å². The van der Waals surface area contributed by atoms with Gasteiger partial charge in [0, 0.05) is 11.3 Å². The summed E-state index contributed by atoms with van der Waals surface area (Å²) in [5.74, 6) is -1.84. The number of amides is 1. The van der Waals surface area contributed by atoms with E-state index in [0.717, 1.165) is 16.9 Å². The van der Waals surface area contributed by atoms with Crippen LogP contribution < -0.4 is 9.52 Å². The Kier molecular flexibility index (Phi) is 7.32. The largest absolute Gasteiger partial charge is 0.465 e. The molecule has 0 bridgehead atoms. The molecule has 0 spiro atoms. The predicted molar refractivity (Wildman–Crippen MR) is 135 cm³/mol. The number of ether oxygens (including phenoxy) is 1. The first-order valence-corrected chi connectivity index (χ1v) is 13.2. The number of halogens is 1. The summed E-state index contributed by atoms with van der Waals surface area (Å²) in [6.45, 7) is 3.34. The molecular weight excluding hydrogens is 505 g/mol. The molecule has 0 atom stereocenters. The van der Waals surface area contributed by atoms with Crippen molar-refractivity contribution in [3.63, 3.8) is 0 Å². The first-order valence-electron chi connectivity index (χ1n) is 10.9. The number of anilines is 1. The van der Waals surface area contributed by atoms with E-state index in [-0.39, 0.29) is 39.6 Å². The minimum absolute atomic E-state index is 0.0850. The molecule has 0 aliphatic carbocycles. The number of nitrogens with one attached hydrogen (secondary N) is 1. The highest BCUT2D eigenvalue weighted by Crippen LogP contribution is 2.21. The fourth-order valence-corrected chi connectivity index (χ4v) is 5.54. The summed E-state index contributed by atoms with van der Waals surface area (Å²) >= 11 is 1.05. The third-order valence-electron chi connectivity index (χ3n) is 5.13. The van der Waals surface area contributed by atoms with E-state index >= 15 is 0 Å². The molecule has 0 radical (unpaired) electrons. The number of thiazole rings is 1. The van der Waals surface area contributed by atoms with E-state index in [9.17, 15) is 22.4 Å². The van der Waals surface area contributed by atoms with Crippen LogP contribution in [0.4, 0.5) is 10.1 Å². The summed E-state index contributed by atoms with van der Waals surface area (Å²) in [5, 5.41) is 0. The quantitative estimate of drug-likeness (QED) is 0.362. The fraction of sp³-hybridized carbons (Fsp3) is 0.160. The van der Waals surface area contributed by atoms with Gasteiger partial charge in [0.1, 0.15) is 12.4 Å². The molecule has 3 aromatic carbocycles. The summed E-state index contributed by atoms with van der Waals surface area (Å²) in [4.78, 5) is 29.5. The third kappa shape index (κ3) is 5.52. The number of hydrogen-bond donors (Lipinski definition) is 1. The van der Waals surface area contributed by atoms with E-state index in [1.165, 1.54) is 53.1 Å². The molecule has 8 nitrogen and oxygen atoms in total. The van der Waals surface area contributed by atoms with Gasteiger partial charge in [-0.05, 0) is 56.3 Å². The fourth-order valence-electron chi connectivity index (χ4n) is 3.45. The van der Waals surface area contributed by atoms with Crippen molar-refractivity contribution in [3.05, 3.63) is 88.5 Å². The molecule has 1 amide bonds. The van der Waals surface area contributed by atoms with Crippen LogP contribution in [0.25, 0.3) is 10.2 Å². The lowest BCUT2D eigenvalue weighted by Crippen LogP contribution is -2.23. The molecule has 0 saturated heterocycles. The third-order valence-corrected chi connectivity index (χ3v) is 7.58. The summed E-state index contributed by atoms with van der Waals surface area (Å²) in [7, 11) is -3.87. The minimum atomic E-state index is -3.87. The van der Waals surface area contributed by atoms with Gasteiger partial charge in [0.2, 0.25) is 0 Å². The van der Waals surface area contributed by atoms with E-state index in [2.05, 4.69) is 9.71 Å². The van der Waals surface area contributed by atoms with Gasteiger partial charge in [-0.2, -0.15) is 4.99 Å². The van der Waals surface area contributed by atoms with Crippen LogP contribution >= 0.6 is 11.3 Å². The van der Waals surface area contributed by atoms with Crippen LogP contribution in [0.1, 0.15) is 22.8 Å². The maximum atomic E-state index is 14.6. The van der Waals surface area contributed by atoms with E-state index in [1.54, 1.807) is 25.1 Å². The number of hydrogen-bond acceptors (Lipinski definition) is 6. The van der Waals surface area contributed by atoms with Gasteiger partial charge in [-0.15, -0.1) is 0 Å². The smallest absolute Gasteiger partial charge is 0.326 e. The Bertz CT molecular complexity index is 1620. The SMILES string of the molecule is CCOC(=O)Cn1c(=NC(=O)c2cccc(NS(=O)(=O)c3ccc(C)cc3)c2)sc2cccc(F)c21. The van der Waals surface area contributed by atoms with Crippen LogP contribution in [0.3, 0.4) is 0 Å². The molecule has 36 heavy (non-hydrogen) atoms. The Morgan fingerprint density at radius 3 is 2.53 bits per heavy atom. The molecule has 0 saturated carbocycles. The van der Waals surface area contributed by atoms with Crippen molar-refractivity contribution in [3.8, 4) is 0 Å². The molecule has 0 aliphatic heterocycles. The summed E-state index contributed by atoms with van der Waals surface area (Å²) < 4.78 is 49.3. The van der Waals surface area contributed by atoms with Crippen molar-refractivity contribution in [2.24, 2.45) is 4.99 Å². The zero-order valence-electron chi connectivity index (χ0n) is 19.4. The molecule has 1 N–H and O–H groups in total. The van der Waals surface area contributed by atoms with Gasteiger partial charge in [0.25, 0.3) is 15.9 Å². The molecule has 4 aromatic rings. The monoisotopic (exact) mass is 527 g/mol. The predicted octanol–water partition coefficient (Wildman–Crippen LogP) is 4.26. The second-order valence-corrected chi connectivity index (χ2v) is 10.5. The number of esters is 1. The average Bonchev–Trinajstić information content (AvgIpc) is 3.17. The number of benzene rings is 3. The van der Waals surface area contributed by atoms with Gasteiger partial charge in [-0.1, -0.05) is 41.2 Å². The standard InChI is InChI=1S/C25H22FN3O5S2/c1-3-34-22(30)15-29-23-20(26)8-5-9-21(23)35-25(29)27-24(31)17-6-4-7-18(14-17)28-36(32,33)19-12-10-16(2)11-13-19/h4-14,28H,3,15H2,1-2H3. The number of sulfonamides is 1. The lowest BCUT2D eigenvalue weighted by atomic mass is 10.2. The van der Waals surface area contributed by atoms with E-state index < -0.39 is 27.7 Å². The van der Waals surface area contributed by atoms with Gasteiger partial charge >= 0.3 is 5.97 Å². The first-order chi connectivity index (χ1) is 17.2. The van der Waals surface area contributed by atoms with Crippen molar-refractivity contribution >= 4 is 49.1 Å². The molecule has 11 heteroatoms. The van der Waals surface area contributed by atoms with Crippen LogP contribution in [0, 0.1) is 12.7 Å². The van der Waals surface area contributed by atoms with Crippen LogP contribution in [-0.2, 0) is 26.1 Å². The van der Waals surface area contributed by atoms with Crippen LogP contribution in [0.5, 0.6) is 0 Å². The lowest BCUT2D eigenvalue weighted by molar-refractivity contribution is -0.143. The normalized spacial score (nSPS) is 12.0. The Labute approximate surface area is 210 Å². The van der Waals surface area contributed by atoms with E-state index in [1.807, 2.05) is 6.92 Å². The molecular formula is C25H22FN3O5S2. The topological polar surface area (TPSA) is 107 Å². The highest BCUT2D eigenvalue weighted by molar-refractivity contribution is 7.92. The molecule has 186 valence electrons. The van der Waals surface area contributed by atoms with Crippen LogP contribution in [-0.4, -0.2) is 31.5 Å². The number of aromatic nitrogens is 1. The number of para-hydroxylation sites is 1. The maximum absolute atomic E-state index is 14.6. The number of rotatable bonds is 7. The van der Waals surface area contributed by atoms with Crippen molar-refractivity contribution in [1.29, 1.82) is 0 Å². The molecule has 0 fully saturated rings. The second kappa shape index (κ2) is 10.4. The first kappa shape index (κ1) is 25.3. The Morgan fingerprint density at radius 2 is 1.81 bits per heavy atom. The van der Waals surface area contributed by atoms with Gasteiger partial charge in [0.15, 0.2) is 4.80 Å². The maximum Gasteiger partial charge on any atom is 0.326 e. The molecule has 0 aliphatic rings. The number of fused-ring (bicyclic) bond motifs is 1. The van der Waals surface area contributed by atoms with Crippen molar-refractivity contribution in [2.45, 2.75) is 25.3 Å². The average molecular weight is 528 g/mol. The zero-order chi connectivity index (χ0) is 25.9. The second-order valence-electron chi connectivity index (χ2n) is 7.78. The zero-order valence-corrected chi connectivity index (χ0v) is 21.0. The summed E-state index contributed by atoms with van der Waals surface area (Å²) in [6.07, 6.45) is 0. The van der Waals surface area contributed by atoms with Crippen molar-refractivity contribution < 1.29 is 27.1 Å². The number of aryl methyl sites for hydroxylation is 1. The number of nitrogens with zero attached hydrogens (tertiary/aromatic N) is 2. The summed E-state index contributed by atoms with van der Waals surface area (Å²) in [6, 6.07) is 16.7. The van der Waals surface area contributed by atoms with E-state index in [4.69, 9.17) is 4.74 Å². The highest BCUT2D eigenvalue weighted by Gasteiger charge is 2.17. The molecule has 0 unspecified atom stereocenters. The van der Waals surface area contributed by atoms with Crippen molar-refractivity contribution in [2.75, 3.05) is 11.3 Å². The minimum Gasteiger partial charge on any atom is -0.465 e. The number of carbonyl (C=O) groups excluding carboxylic acids is 2. The van der Waals surface area contributed by atoms with Crippen LogP contribution in [0.15, 0.2) is 76.6 Å². The van der Waals surface area contributed by atoms with Crippen LogP contribution in [0.2, 0.25) is 0 Å². The highest BCUT2D eigenvalue weighted by atomic mass is 32.2. The van der Waals surface area contributed by atoms with Gasteiger partial charge in [0.05, 0.1) is 21.7 Å². The molecule has 1 aromatic heterocycles. The number of carbonyl (C=O) groups is 2. The Morgan fingerprint density at radius 1 is 1.08 bits per heavy atom. The van der Waals surface area contributed by atoms with Gasteiger partial charge < -0.3 is 9.30 Å². The van der Waals surface area contributed by atoms with Gasteiger partial charge in [-0.3, -0.25) is 14.3 Å². The molecule has 4 rings (SSSR count). The van der Waals surface area contributed by atoms with Crippen molar-refractivity contribution in [1.82, 2.24) is 4.57 Å². The molecule has 1 heterocycles. The summed E-state index contributed by atoms with van der Waals surface area (Å²) in [5.41, 5.74) is 1.35. The Hall–Kier alpha value is -3.83. The Balaban J connectivity index is 1.69. The van der Waals surface area contributed by atoms with Gasteiger partial charge in [-0.25, -0.2) is 12.8 Å². The lowest BCUT2D eigenvalue weighted by Gasteiger charge is -2.09.